The molecule has 1 amide bonds. The third kappa shape index (κ3) is 4.55. The van der Waals surface area contributed by atoms with E-state index >= 15 is 0 Å². The molecule has 9 heteroatoms. The molecule has 0 aliphatic carbocycles. The monoisotopic (exact) mass is 525 g/mol. The number of aliphatic hydroxyl groups excluding tert-OH is 1. The molecule has 2 fully saturated rings. The van der Waals surface area contributed by atoms with E-state index in [2.05, 4.69) is 26.9 Å². The molecule has 2 aliphatic rings. The van der Waals surface area contributed by atoms with Crippen LogP contribution < -0.4 is 10.2 Å². The van der Waals surface area contributed by atoms with Crippen LogP contribution in [0, 0.1) is 11.3 Å². The predicted octanol–water partition coefficient (Wildman–Crippen LogP) is 4.19. The molecule has 2 aliphatic heterocycles. The van der Waals surface area contributed by atoms with Gasteiger partial charge in [-0.2, -0.15) is 5.26 Å². The molecule has 2 N–H and O–H groups in total. The van der Waals surface area contributed by atoms with E-state index in [4.69, 9.17) is 23.2 Å². The number of piperazine rings is 1. The minimum Gasteiger partial charge on any atom is -0.394 e. The van der Waals surface area contributed by atoms with Crippen LogP contribution in [0.4, 0.5) is 5.69 Å². The van der Waals surface area contributed by atoms with Crippen LogP contribution in [0.15, 0.2) is 42.6 Å². The number of rotatable bonds is 5. The summed E-state index contributed by atoms with van der Waals surface area (Å²) in [5.74, 6) is 0.0860. The van der Waals surface area contributed by atoms with E-state index in [9.17, 15) is 15.2 Å². The largest absolute Gasteiger partial charge is 0.394 e. The van der Waals surface area contributed by atoms with E-state index in [1.54, 1.807) is 6.07 Å². The highest BCUT2D eigenvalue weighted by Crippen LogP contribution is 2.34. The average Bonchev–Trinajstić information content (AvgIpc) is 3.55. The van der Waals surface area contributed by atoms with E-state index < -0.39 is 0 Å². The number of aromatic nitrogens is 1. The van der Waals surface area contributed by atoms with Gasteiger partial charge in [-0.05, 0) is 62.2 Å². The molecule has 2 saturated heterocycles. The van der Waals surface area contributed by atoms with Crippen molar-refractivity contribution >= 4 is 45.7 Å². The minimum atomic E-state index is -0.266. The maximum atomic E-state index is 13.0. The van der Waals surface area contributed by atoms with Gasteiger partial charge in [-0.15, -0.1) is 0 Å². The molecular weight excluding hydrogens is 497 g/mol. The summed E-state index contributed by atoms with van der Waals surface area (Å²) in [6, 6.07) is 13.3. The van der Waals surface area contributed by atoms with Crippen molar-refractivity contribution in [2.45, 2.75) is 37.9 Å². The van der Waals surface area contributed by atoms with Crippen LogP contribution in [0.3, 0.4) is 0 Å². The molecular formula is C27H29Cl2N5O2. The van der Waals surface area contributed by atoms with Crippen LogP contribution >= 0.6 is 23.2 Å². The fourth-order valence-electron chi connectivity index (χ4n) is 5.47. The Labute approximate surface area is 220 Å². The van der Waals surface area contributed by atoms with Gasteiger partial charge in [0.05, 0.1) is 35.8 Å². The van der Waals surface area contributed by atoms with E-state index in [1.165, 1.54) is 0 Å². The topological polar surface area (TPSA) is 84.5 Å². The fourth-order valence-corrected chi connectivity index (χ4v) is 6.03. The lowest BCUT2D eigenvalue weighted by atomic mass is 10.1. The zero-order chi connectivity index (χ0) is 25.4. The van der Waals surface area contributed by atoms with Gasteiger partial charge in [0.1, 0.15) is 6.07 Å². The number of fused-ring (bicyclic) bond motifs is 1. The number of amides is 1. The summed E-state index contributed by atoms with van der Waals surface area (Å²) >= 11 is 12.6. The molecule has 3 atom stereocenters. The average molecular weight is 526 g/mol. The van der Waals surface area contributed by atoms with Crippen molar-refractivity contribution in [3.63, 3.8) is 0 Å². The second kappa shape index (κ2) is 10.3. The first-order chi connectivity index (χ1) is 17.4. The number of nitriles is 1. The Hall–Kier alpha value is -2.76. The number of benzene rings is 2. The van der Waals surface area contributed by atoms with Gasteiger partial charge in [-0.1, -0.05) is 29.3 Å². The molecule has 1 aromatic heterocycles. The molecule has 2 aromatic carbocycles. The standard InChI is InChI=1S/C27H29Cl2N5O2/c1-17(22-6-4-19(28)11-24(22)29)34-14-18(13-30)23-7-5-20(12-26(23)34)32-9-10-33(21(15-32)16-35)27(36)25-3-2-8-31-25/h4-7,11-12,14,17,21,25,31,35H,2-3,8-10,15-16H2,1H3/t17?,21-,25?/m0/s1. The maximum Gasteiger partial charge on any atom is 0.240 e. The van der Waals surface area contributed by atoms with Gasteiger partial charge in [0.15, 0.2) is 0 Å². The molecule has 5 rings (SSSR count). The highest BCUT2D eigenvalue weighted by molar-refractivity contribution is 6.35. The summed E-state index contributed by atoms with van der Waals surface area (Å²) in [6.07, 6.45) is 3.72. The quantitative estimate of drug-likeness (QED) is 0.521. The maximum absolute atomic E-state index is 13.0. The molecule has 3 aromatic rings. The summed E-state index contributed by atoms with van der Waals surface area (Å²) in [6.45, 7) is 4.60. The van der Waals surface area contributed by atoms with Crippen molar-refractivity contribution in [1.82, 2.24) is 14.8 Å². The third-order valence-corrected chi connectivity index (χ3v) is 8.03. The minimum absolute atomic E-state index is 0.0851. The summed E-state index contributed by atoms with van der Waals surface area (Å²) in [5.41, 5.74) is 3.43. The van der Waals surface area contributed by atoms with Crippen molar-refractivity contribution in [2.24, 2.45) is 0 Å². The zero-order valence-corrected chi connectivity index (χ0v) is 21.6. The Kier molecular flexibility index (Phi) is 7.14. The lowest BCUT2D eigenvalue weighted by Crippen LogP contribution is -2.59. The molecule has 0 bridgehead atoms. The van der Waals surface area contributed by atoms with E-state index in [0.717, 1.165) is 41.5 Å². The fraction of sp³-hybridized carbons (Fsp3) is 0.407. The van der Waals surface area contributed by atoms with Gasteiger partial charge >= 0.3 is 0 Å². The Morgan fingerprint density at radius 2 is 2.08 bits per heavy atom. The van der Waals surface area contributed by atoms with Crippen molar-refractivity contribution in [1.29, 1.82) is 5.26 Å². The summed E-state index contributed by atoms with van der Waals surface area (Å²) in [5, 5.41) is 25.2. The number of hydrogen-bond donors (Lipinski definition) is 2. The van der Waals surface area contributed by atoms with Gasteiger partial charge in [0.2, 0.25) is 5.91 Å². The summed E-state index contributed by atoms with van der Waals surface area (Å²) < 4.78 is 2.07. The molecule has 0 radical (unpaired) electrons. The van der Waals surface area contributed by atoms with E-state index in [1.807, 2.05) is 42.3 Å². The summed E-state index contributed by atoms with van der Waals surface area (Å²) in [4.78, 5) is 17.0. The van der Waals surface area contributed by atoms with Crippen LogP contribution in [0.2, 0.25) is 10.0 Å². The lowest BCUT2D eigenvalue weighted by molar-refractivity contribution is -0.136. The van der Waals surface area contributed by atoms with E-state index in [0.29, 0.717) is 35.2 Å². The highest BCUT2D eigenvalue weighted by Gasteiger charge is 2.35. The van der Waals surface area contributed by atoms with Crippen LogP contribution in [0.1, 0.15) is 36.9 Å². The van der Waals surface area contributed by atoms with Crippen LogP contribution in [-0.4, -0.2) is 65.4 Å². The Bertz CT molecular complexity index is 1330. The number of carbonyl (C=O) groups excluding carboxylic acids is 1. The first-order valence-electron chi connectivity index (χ1n) is 12.3. The van der Waals surface area contributed by atoms with Crippen molar-refractivity contribution in [3.8, 4) is 6.07 Å². The van der Waals surface area contributed by atoms with Crippen molar-refractivity contribution < 1.29 is 9.90 Å². The number of anilines is 1. The number of hydrogen-bond acceptors (Lipinski definition) is 5. The normalized spacial score (nSPS) is 21.1. The van der Waals surface area contributed by atoms with Gasteiger partial charge in [0, 0.05) is 46.9 Å². The molecule has 2 unspecified atom stereocenters. The molecule has 0 spiro atoms. The van der Waals surface area contributed by atoms with Gasteiger partial charge in [-0.25, -0.2) is 0 Å². The second-order valence-corrected chi connectivity index (χ2v) is 10.4. The van der Waals surface area contributed by atoms with Crippen LogP contribution in [0.25, 0.3) is 10.9 Å². The molecule has 36 heavy (non-hydrogen) atoms. The van der Waals surface area contributed by atoms with Gasteiger partial charge in [-0.3, -0.25) is 4.79 Å². The highest BCUT2D eigenvalue weighted by atomic mass is 35.5. The number of carbonyl (C=O) groups is 1. The Morgan fingerprint density at radius 3 is 2.78 bits per heavy atom. The number of aliphatic hydroxyl groups is 1. The zero-order valence-electron chi connectivity index (χ0n) is 20.1. The van der Waals surface area contributed by atoms with Gasteiger partial charge in [0.25, 0.3) is 0 Å². The summed E-state index contributed by atoms with van der Waals surface area (Å²) in [7, 11) is 0. The third-order valence-electron chi connectivity index (χ3n) is 7.47. The van der Waals surface area contributed by atoms with E-state index in [-0.39, 0.29) is 30.6 Å². The van der Waals surface area contributed by atoms with Crippen LogP contribution in [-0.2, 0) is 4.79 Å². The first kappa shape index (κ1) is 24.9. The molecule has 7 nitrogen and oxygen atoms in total. The SMILES string of the molecule is CC(c1ccc(Cl)cc1Cl)n1cc(C#N)c2ccc(N3CCN(C(=O)C4CCCN4)[C@H](CO)C3)cc21. The van der Waals surface area contributed by atoms with Crippen molar-refractivity contribution in [2.75, 3.05) is 37.7 Å². The van der Waals surface area contributed by atoms with Crippen molar-refractivity contribution in [3.05, 3.63) is 63.8 Å². The van der Waals surface area contributed by atoms with Crippen LogP contribution in [0.5, 0.6) is 0 Å². The number of nitrogens with zero attached hydrogens (tertiary/aromatic N) is 4. The first-order valence-corrected chi connectivity index (χ1v) is 13.1. The molecule has 188 valence electrons. The number of halogens is 2. The van der Waals surface area contributed by atoms with Gasteiger partial charge < -0.3 is 24.8 Å². The predicted molar refractivity (Wildman–Crippen MR) is 143 cm³/mol. The smallest absolute Gasteiger partial charge is 0.240 e. The Balaban J connectivity index is 1.45. The Morgan fingerprint density at radius 1 is 1.25 bits per heavy atom. The molecule has 0 saturated carbocycles. The molecule has 3 heterocycles. The second-order valence-electron chi connectivity index (χ2n) is 9.57. The number of nitrogens with one attached hydrogen (secondary N) is 1. The lowest BCUT2D eigenvalue weighted by Gasteiger charge is -2.42.